The van der Waals surface area contributed by atoms with E-state index >= 15 is 0 Å². The predicted molar refractivity (Wildman–Crippen MR) is 68.6 cm³/mol. The number of carboxylic acids is 1. The number of aromatic nitrogens is 1. The van der Waals surface area contributed by atoms with Crippen LogP contribution in [0.15, 0.2) is 29.3 Å². The first-order chi connectivity index (χ1) is 8.58. The van der Waals surface area contributed by atoms with Gasteiger partial charge in [0.1, 0.15) is 5.54 Å². The van der Waals surface area contributed by atoms with Crippen LogP contribution in [0.4, 0.5) is 0 Å². The Balaban J connectivity index is 2.31. The molecule has 1 aliphatic carbocycles. The lowest BCUT2D eigenvalue weighted by Crippen LogP contribution is -2.45. The second kappa shape index (κ2) is 4.96. The van der Waals surface area contributed by atoms with Gasteiger partial charge in [-0.1, -0.05) is 13.3 Å². The van der Waals surface area contributed by atoms with Crippen molar-refractivity contribution >= 4 is 5.97 Å². The molecule has 0 saturated heterocycles. The van der Waals surface area contributed by atoms with Crippen molar-refractivity contribution in [1.29, 1.82) is 0 Å². The van der Waals surface area contributed by atoms with Gasteiger partial charge in [0.05, 0.1) is 0 Å². The summed E-state index contributed by atoms with van der Waals surface area (Å²) >= 11 is 0. The van der Waals surface area contributed by atoms with Crippen LogP contribution in [-0.2, 0) is 10.3 Å². The molecule has 4 nitrogen and oxygen atoms in total. The van der Waals surface area contributed by atoms with Gasteiger partial charge in [-0.05, 0) is 31.6 Å². The number of hydrogen-bond donors (Lipinski definition) is 1. The quantitative estimate of drug-likeness (QED) is 0.893. The predicted octanol–water partition coefficient (Wildman–Crippen LogP) is 2.23. The van der Waals surface area contributed by atoms with Gasteiger partial charge in [-0.15, -0.1) is 0 Å². The molecule has 0 bridgehead atoms. The second-order valence-electron chi connectivity index (χ2n) is 5.13. The van der Waals surface area contributed by atoms with Crippen molar-refractivity contribution in [2.75, 3.05) is 0 Å². The molecule has 1 aromatic heterocycles. The molecule has 1 N–H and O–H groups in total. The van der Waals surface area contributed by atoms with E-state index in [1.165, 1.54) is 12.1 Å². The molecule has 98 valence electrons. The Bertz CT molecular complexity index is 464. The lowest BCUT2D eigenvalue weighted by atomic mass is 9.75. The zero-order chi connectivity index (χ0) is 13.2. The molecule has 0 amide bonds. The maximum absolute atomic E-state index is 11.7. The summed E-state index contributed by atoms with van der Waals surface area (Å²) in [4.78, 5) is 22.8. The summed E-state index contributed by atoms with van der Waals surface area (Å²) in [6, 6.07) is 2.85. The van der Waals surface area contributed by atoms with Crippen molar-refractivity contribution in [3.8, 4) is 0 Å². The molecule has 0 aliphatic heterocycles. The van der Waals surface area contributed by atoms with Crippen molar-refractivity contribution in [2.45, 2.75) is 44.6 Å². The van der Waals surface area contributed by atoms with Crippen LogP contribution in [0.25, 0.3) is 0 Å². The number of carboxylic acid groups (broad SMARTS) is 1. The minimum absolute atomic E-state index is 0.0889. The van der Waals surface area contributed by atoms with Gasteiger partial charge in [0.2, 0.25) is 0 Å². The normalized spacial score (nSPS) is 27.9. The summed E-state index contributed by atoms with van der Waals surface area (Å²) in [7, 11) is 0. The van der Waals surface area contributed by atoms with Crippen LogP contribution in [0, 0.1) is 5.92 Å². The van der Waals surface area contributed by atoms with Crippen molar-refractivity contribution in [3.63, 3.8) is 0 Å². The molecule has 0 atom stereocenters. The topological polar surface area (TPSA) is 59.3 Å². The number of carbonyl (C=O) groups is 1. The molecule has 0 unspecified atom stereocenters. The average molecular weight is 249 g/mol. The molecular formula is C14H19NO3. The van der Waals surface area contributed by atoms with Crippen LogP contribution in [-0.4, -0.2) is 15.6 Å². The Kier molecular flexibility index (Phi) is 3.55. The van der Waals surface area contributed by atoms with E-state index in [-0.39, 0.29) is 5.43 Å². The molecule has 0 spiro atoms. The monoisotopic (exact) mass is 249 g/mol. The minimum Gasteiger partial charge on any atom is -0.479 e. The fourth-order valence-corrected chi connectivity index (χ4v) is 2.84. The van der Waals surface area contributed by atoms with E-state index in [4.69, 9.17) is 0 Å². The number of hydrogen-bond acceptors (Lipinski definition) is 2. The van der Waals surface area contributed by atoms with Crippen LogP contribution in [0.2, 0.25) is 0 Å². The number of nitrogens with zero attached hydrogens (tertiary/aromatic N) is 1. The Hall–Kier alpha value is -1.58. The third-order valence-corrected chi connectivity index (χ3v) is 4.20. The largest absolute Gasteiger partial charge is 0.479 e. The van der Waals surface area contributed by atoms with Crippen LogP contribution in [0.1, 0.15) is 39.0 Å². The van der Waals surface area contributed by atoms with Crippen molar-refractivity contribution < 1.29 is 9.90 Å². The summed E-state index contributed by atoms with van der Waals surface area (Å²) in [6.45, 7) is 2.15. The number of pyridine rings is 1. The molecule has 1 aromatic rings. The van der Waals surface area contributed by atoms with Crippen LogP contribution >= 0.6 is 0 Å². The lowest BCUT2D eigenvalue weighted by molar-refractivity contribution is -0.150. The van der Waals surface area contributed by atoms with Gasteiger partial charge in [0.15, 0.2) is 5.43 Å². The Morgan fingerprint density at radius 2 is 1.94 bits per heavy atom. The number of rotatable bonds is 3. The van der Waals surface area contributed by atoms with Gasteiger partial charge in [-0.3, -0.25) is 4.79 Å². The van der Waals surface area contributed by atoms with Gasteiger partial charge in [0.25, 0.3) is 0 Å². The third-order valence-electron chi connectivity index (χ3n) is 4.20. The molecule has 1 heterocycles. The molecule has 1 fully saturated rings. The SMILES string of the molecule is CCC1CCC(C(=O)O)(n2ccc(=O)cc2)CC1. The molecular weight excluding hydrogens is 230 g/mol. The second-order valence-corrected chi connectivity index (χ2v) is 5.13. The van der Waals surface area contributed by atoms with Crippen LogP contribution in [0.3, 0.4) is 0 Å². The zero-order valence-corrected chi connectivity index (χ0v) is 10.6. The summed E-state index contributed by atoms with van der Waals surface area (Å²) in [5.41, 5.74) is -0.951. The number of aliphatic carboxylic acids is 1. The van der Waals surface area contributed by atoms with Crippen molar-refractivity contribution in [1.82, 2.24) is 4.57 Å². The third kappa shape index (κ3) is 2.19. The summed E-state index contributed by atoms with van der Waals surface area (Å²) in [5, 5.41) is 9.57. The van der Waals surface area contributed by atoms with E-state index in [2.05, 4.69) is 6.92 Å². The Morgan fingerprint density at radius 1 is 1.39 bits per heavy atom. The average Bonchev–Trinajstić information content (AvgIpc) is 2.39. The first kappa shape index (κ1) is 12.9. The standard InChI is InChI=1S/C14H19NO3/c1-2-11-3-7-14(8-4-11,13(17)18)15-9-5-12(16)6-10-15/h5-6,9-11H,2-4,7-8H2,1H3,(H,17,18). The van der Waals surface area contributed by atoms with Crippen LogP contribution in [0.5, 0.6) is 0 Å². The Morgan fingerprint density at radius 3 is 2.39 bits per heavy atom. The minimum atomic E-state index is -0.862. The molecule has 1 saturated carbocycles. The molecule has 2 rings (SSSR count). The summed E-state index contributed by atoms with van der Waals surface area (Å²) in [6.07, 6.45) is 7.47. The van der Waals surface area contributed by atoms with E-state index in [0.29, 0.717) is 18.8 Å². The molecule has 4 heteroatoms. The highest BCUT2D eigenvalue weighted by Gasteiger charge is 2.42. The zero-order valence-electron chi connectivity index (χ0n) is 10.6. The van der Waals surface area contributed by atoms with Gasteiger partial charge >= 0.3 is 5.97 Å². The maximum atomic E-state index is 11.7. The van der Waals surface area contributed by atoms with Gasteiger partial charge < -0.3 is 9.67 Å². The highest BCUT2D eigenvalue weighted by molar-refractivity contribution is 5.76. The smallest absolute Gasteiger partial charge is 0.329 e. The molecule has 1 aliphatic rings. The van der Waals surface area contributed by atoms with Gasteiger partial charge in [0, 0.05) is 24.5 Å². The first-order valence-electron chi connectivity index (χ1n) is 6.50. The van der Waals surface area contributed by atoms with Gasteiger partial charge in [-0.2, -0.15) is 0 Å². The van der Waals surface area contributed by atoms with Crippen LogP contribution < -0.4 is 5.43 Å². The maximum Gasteiger partial charge on any atom is 0.329 e. The van der Waals surface area contributed by atoms with E-state index in [0.717, 1.165) is 19.3 Å². The summed E-state index contributed by atoms with van der Waals surface area (Å²) < 4.78 is 1.70. The highest BCUT2D eigenvalue weighted by atomic mass is 16.4. The highest BCUT2D eigenvalue weighted by Crippen LogP contribution is 2.38. The van der Waals surface area contributed by atoms with E-state index in [9.17, 15) is 14.7 Å². The van der Waals surface area contributed by atoms with Crippen molar-refractivity contribution in [3.05, 3.63) is 34.7 Å². The van der Waals surface area contributed by atoms with Crippen molar-refractivity contribution in [2.24, 2.45) is 5.92 Å². The van der Waals surface area contributed by atoms with Gasteiger partial charge in [-0.25, -0.2) is 4.79 Å². The molecule has 0 radical (unpaired) electrons. The fourth-order valence-electron chi connectivity index (χ4n) is 2.84. The molecule has 0 aromatic carbocycles. The fraction of sp³-hybridized carbons (Fsp3) is 0.571. The lowest BCUT2D eigenvalue weighted by Gasteiger charge is -2.38. The molecule has 18 heavy (non-hydrogen) atoms. The van der Waals surface area contributed by atoms with E-state index < -0.39 is 11.5 Å². The Labute approximate surface area is 106 Å². The summed E-state index contributed by atoms with van der Waals surface area (Å²) in [5.74, 6) is -0.155. The first-order valence-corrected chi connectivity index (χ1v) is 6.50. The van der Waals surface area contributed by atoms with E-state index in [1.54, 1.807) is 17.0 Å². The van der Waals surface area contributed by atoms with E-state index in [1.807, 2.05) is 0 Å².